The van der Waals surface area contributed by atoms with E-state index in [9.17, 15) is 0 Å². The van der Waals surface area contributed by atoms with Gasteiger partial charge in [0.25, 0.3) is 0 Å². The van der Waals surface area contributed by atoms with E-state index in [-0.39, 0.29) is 0 Å². The number of carbonyl (C=O) groups excluding carboxylic acids is 2. The Balaban J connectivity index is 0.000000495. The second-order valence-electron chi connectivity index (χ2n) is 4.44. The number of hydrogen-bond acceptors (Lipinski definition) is 6. The second-order valence-corrected chi connectivity index (χ2v) is 5.56. The Kier molecular flexibility index (Phi) is 11.7. The minimum absolute atomic E-state index is 1.17. The maximum atomic E-state index is 8.93. The molecule has 0 heterocycles. The van der Waals surface area contributed by atoms with Crippen molar-refractivity contribution in [2.45, 2.75) is 30.1 Å². The van der Waals surface area contributed by atoms with E-state index in [1.807, 2.05) is 19.2 Å². The van der Waals surface area contributed by atoms with Crippen LogP contribution in [0.15, 0.2) is 64.4 Å². The summed E-state index contributed by atoms with van der Waals surface area (Å²) in [4.78, 5) is 20.4. The predicted octanol–water partition coefficient (Wildman–Crippen LogP) is 1.78. The maximum absolute atomic E-state index is 8.93. The molecule has 5 nitrogen and oxygen atoms in total. The number of aliphatic carboxylic acids is 2. The van der Waals surface area contributed by atoms with Crippen LogP contribution in [0.2, 0.25) is 0 Å². The lowest BCUT2D eigenvalue weighted by molar-refractivity contribution is -0.345. The number of carbonyl (C=O) groups is 2. The molecule has 6 heteroatoms. The summed E-state index contributed by atoms with van der Waals surface area (Å²) in [6.45, 7) is 4.25. The van der Waals surface area contributed by atoms with Gasteiger partial charge >= 0.3 is 0 Å². The molecular weight excluding hydrogens is 326 g/mol. The Hall–Kier alpha value is -2.47. The van der Waals surface area contributed by atoms with Crippen LogP contribution in [-0.4, -0.2) is 19.0 Å². The Morgan fingerprint density at radius 3 is 1.83 bits per heavy atom. The standard InChI is InChI=1S/C13H13NS.C3H8.C2H2O4/c1-14-12-9-5-6-10-13(12)15-11-7-3-2-4-8-11;1-3-2;3-1(4)2(5)6/h2-10,14H,1H3;3H2,1-2H3;(H,3,4)(H,5,6)/p-2. The normalized spacial score (nSPS) is 8.79. The number of para-hydroxylation sites is 1. The molecule has 0 saturated heterocycles. The molecule has 0 fully saturated rings. The number of benzene rings is 2. The third-order valence-corrected chi connectivity index (χ3v) is 3.38. The van der Waals surface area contributed by atoms with Crippen LogP contribution in [0.25, 0.3) is 0 Å². The fourth-order valence-corrected chi connectivity index (χ4v) is 2.35. The maximum Gasteiger partial charge on any atom is 0.0870 e. The van der Waals surface area contributed by atoms with Crippen molar-refractivity contribution in [1.82, 2.24) is 0 Å². The van der Waals surface area contributed by atoms with E-state index in [1.165, 1.54) is 21.9 Å². The first-order chi connectivity index (χ1) is 11.5. The highest BCUT2D eigenvalue weighted by Gasteiger charge is 2.00. The Morgan fingerprint density at radius 2 is 1.38 bits per heavy atom. The molecule has 0 aromatic heterocycles. The van der Waals surface area contributed by atoms with Crippen molar-refractivity contribution in [2.75, 3.05) is 12.4 Å². The topological polar surface area (TPSA) is 92.3 Å². The highest BCUT2D eigenvalue weighted by molar-refractivity contribution is 7.99. The molecule has 130 valence electrons. The lowest BCUT2D eigenvalue weighted by Crippen LogP contribution is -2.42. The van der Waals surface area contributed by atoms with Crippen LogP contribution in [-0.2, 0) is 9.59 Å². The Bertz CT molecular complexity index is 605. The molecular formula is C18H21NO4S-2. The van der Waals surface area contributed by atoms with Crippen molar-refractivity contribution in [1.29, 1.82) is 0 Å². The predicted molar refractivity (Wildman–Crippen MR) is 92.5 cm³/mol. The lowest BCUT2D eigenvalue weighted by atomic mass is 10.3. The zero-order valence-corrected chi connectivity index (χ0v) is 14.8. The molecule has 0 atom stereocenters. The van der Waals surface area contributed by atoms with Gasteiger partial charge in [0.1, 0.15) is 0 Å². The second kappa shape index (κ2) is 13.0. The zero-order valence-electron chi connectivity index (χ0n) is 13.9. The van der Waals surface area contributed by atoms with Gasteiger partial charge in [-0.25, -0.2) is 0 Å². The average molecular weight is 347 g/mol. The van der Waals surface area contributed by atoms with Gasteiger partial charge in [0.2, 0.25) is 0 Å². The monoisotopic (exact) mass is 347 g/mol. The Labute approximate surface area is 146 Å². The van der Waals surface area contributed by atoms with Gasteiger partial charge in [-0.05, 0) is 24.3 Å². The molecule has 0 aliphatic carbocycles. The largest absolute Gasteiger partial charge is 0.543 e. The highest BCUT2D eigenvalue weighted by atomic mass is 32.2. The molecule has 2 rings (SSSR count). The number of carboxylic acids is 2. The van der Waals surface area contributed by atoms with Crippen LogP contribution in [0.5, 0.6) is 0 Å². The molecule has 0 amide bonds. The van der Waals surface area contributed by atoms with Gasteiger partial charge in [0.05, 0.1) is 11.9 Å². The third kappa shape index (κ3) is 9.53. The minimum Gasteiger partial charge on any atom is -0.543 e. The van der Waals surface area contributed by atoms with Crippen molar-refractivity contribution < 1.29 is 19.8 Å². The van der Waals surface area contributed by atoms with Crippen molar-refractivity contribution in [3.8, 4) is 0 Å². The van der Waals surface area contributed by atoms with E-state index in [2.05, 4.69) is 61.6 Å². The summed E-state index contributed by atoms with van der Waals surface area (Å²) in [5.41, 5.74) is 1.17. The van der Waals surface area contributed by atoms with Gasteiger partial charge in [-0.15, -0.1) is 0 Å². The molecule has 0 unspecified atom stereocenters. The zero-order chi connectivity index (χ0) is 18.4. The number of rotatable bonds is 3. The summed E-state index contributed by atoms with van der Waals surface area (Å²) in [6.07, 6.45) is 1.25. The molecule has 1 N–H and O–H groups in total. The molecule has 2 aromatic rings. The smallest absolute Gasteiger partial charge is 0.0870 e. The quantitative estimate of drug-likeness (QED) is 0.851. The molecule has 24 heavy (non-hydrogen) atoms. The molecule has 0 bridgehead atoms. The molecule has 0 radical (unpaired) electrons. The molecule has 2 aromatic carbocycles. The first kappa shape index (κ1) is 21.5. The van der Waals surface area contributed by atoms with Gasteiger partial charge in [-0.1, -0.05) is 62.4 Å². The molecule has 0 aliphatic rings. The van der Waals surface area contributed by atoms with Crippen molar-refractivity contribution in [3.05, 3.63) is 54.6 Å². The van der Waals surface area contributed by atoms with Crippen LogP contribution in [0, 0.1) is 0 Å². The van der Waals surface area contributed by atoms with Gasteiger partial charge < -0.3 is 25.1 Å². The van der Waals surface area contributed by atoms with Crippen LogP contribution < -0.4 is 15.5 Å². The van der Waals surface area contributed by atoms with E-state index < -0.39 is 11.9 Å². The average Bonchev–Trinajstić information content (AvgIpc) is 2.57. The van der Waals surface area contributed by atoms with Crippen LogP contribution in [0.4, 0.5) is 5.69 Å². The lowest BCUT2D eigenvalue weighted by Gasteiger charge is -2.07. The van der Waals surface area contributed by atoms with Crippen molar-refractivity contribution in [2.24, 2.45) is 0 Å². The van der Waals surface area contributed by atoms with E-state index in [1.54, 1.807) is 11.8 Å². The molecule has 0 spiro atoms. The van der Waals surface area contributed by atoms with Gasteiger partial charge in [0.15, 0.2) is 0 Å². The SMILES string of the molecule is CCC.CNc1ccccc1Sc1ccccc1.O=C([O-])C(=O)[O-]. The van der Waals surface area contributed by atoms with Crippen molar-refractivity contribution >= 4 is 29.4 Å². The number of carboxylic acid groups (broad SMARTS) is 2. The van der Waals surface area contributed by atoms with Crippen molar-refractivity contribution in [3.63, 3.8) is 0 Å². The summed E-state index contributed by atoms with van der Waals surface area (Å²) < 4.78 is 0. The third-order valence-electron chi connectivity index (χ3n) is 2.29. The van der Waals surface area contributed by atoms with E-state index in [0.717, 1.165) is 0 Å². The highest BCUT2D eigenvalue weighted by Crippen LogP contribution is 2.32. The summed E-state index contributed by atoms with van der Waals surface area (Å²) in [5.74, 6) is -4.37. The van der Waals surface area contributed by atoms with Gasteiger partial charge in [-0.3, -0.25) is 0 Å². The Morgan fingerprint density at radius 1 is 0.917 bits per heavy atom. The summed E-state index contributed by atoms with van der Waals surface area (Å²) in [5, 5.41) is 21.0. The number of nitrogens with one attached hydrogen (secondary N) is 1. The van der Waals surface area contributed by atoms with E-state index in [4.69, 9.17) is 19.8 Å². The fourth-order valence-electron chi connectivity index (χ4n) is 1.38. The van der Waals surface area contributed by atoms with Crippen LogP contribution in [0.1, 0.15) is 20.3 Å². The minimum atomic E-state index is -2.19. The van der Waals surface area contributed by atoms with Gasteiger partial charge in [0, 0.05) is 22.5 Å². The number of anilines is 1. The van der Waals surface area contributed by atoms with Crippen LogP contribution in [0.3, 0.4) is 0 Å². The number of hydrogen-bond donors (Lipinski definition) is 1. The van der Waals surface area contributed by atoms with Gasteiger partial charge in [-0.2, -0.15) is 0 Å². The summed E-state index contributed by atoms with van der Waals surface area (Å²) in [7, 11) is 1.95. The van der Waals surface area contributed by atoms with E-state index >= 15 is 0 Å². The van der Waals surface area contributed by atoms with E-state index in [0.29, 0.717) is 0 Å². The van der Waals surface area contributed by atoms with Crippen LogP contribution >= 0.6 is 11.8 Å². The molecule has 0 saturated carbocycles. The fraction of sp³-hybridized carbons (Fsp3) is 0.222. The first-order valence-electron chi connectivity index (χ1n) is 7.38. The summed E-state index contributed by atoms with van der Waals surface area (Å²) >= 11 is 1.78. The molecule has 0 aliphatic heterocycles. The first-order valence-corrected chi connectivity index (χ1v) is 8.19. The summed E-state index contributed by atoms with van der Waals surface area (Å²) in [6, 6.07) is 18.7.